The maximum atomic E-state index is 12.3. The van der Waals surface area contributed by atoms with E-state index in [9.17, 15) is 19.3 Å². The molecule has 0 radical (unpaired) electrons. The Morgan fingerprint density at radius 1 is 0.733 bits per heavy atom. The van der Waals surface area contributed by atoms with Gasteiger partial charge in [-0.05, 0) is 50.9 Å². The molecule has 0 amide bonds. The van der Waals surface area contributed by atoms with Crippen LogP contribution in [0.4, 0.5) is 0 Å². The zero-order chi connectivity index (χ0) is 33.6. The highest BCUT2D eigenvalue weighted by Crippen LogP contribution is 2.35. The van der Waals surface area contributed by atoms with E-state index < -0.39 is 38.6 Å². The van der Waals surface area contributed by atoms with Crippen LogP contribution >= 0.6 is 7.82 Å². The van der Waals surface area contributed by atoms with Gasteiger partial charge in [0.15, 0.2) is 6.10 Å². The van der Waals surface area contributed by atoms with Gasteiger partial charge in [0.1, 0.15) is 6.61 Å². The van der Waals surface area contributed by atoms with Crippen LogP contribution < -0.4 is 0 Å². The fourth-order valence-electron chi connectivity index (χ4n) is 4.31. The summed E-state index contributed by atoms with van der Waals surface area (Å²) in [7, 11) is -4.80. The van der Waals surface area contributed by atoms with Gasteiger partial charge in [0.2, 0.25) is 0 Å². The van der Waals surface area contributed by atoms with Gasteiger partial charge in [0, 0.05) is 12.8 Å². The summed E-state index contributed by atoms with van der Waals surface area (Å²) in [5, 5.41) is 10.1. The first-order chi connectivity index (χ1) is 21.5. The van der Waals surface area contributed by atoms with Crippen LogP contribution in [0.2, 0.25) is 0 Å². The quantitative estimate of drug-likeness (QED) is 0.0238. The van der Waals surface area contributed by atoms with E-state index in [1.165, 1.54) is 38.5 Å². The molecule has 0 fully saturated rings. The number of aliphatic hydroxyl groups excluding tert-OH is 1. The third kappa shape index (κ3) is 33.2. The van der Waals surface area contributed by atoms with Crippen molar-refractivity contribution in [3.05, 3.63) is 48.6 Å². The normalized spacial score (nSPS) is 13.9. The number of rotatable bonds is 29. The first-order valence-corrected chi connectivity index (χ1v) is 18.4. The Labute approximate surface area is 272 Å². The number of carbonyl (C=O) groups excluding carboxylic acids is 2. The van der Waals surface area contributed by atoms with E-state index in [0.29, 0.717) is 19.3 Å². The van der Waals surface area contributed by atoms with Crippen molar-refractivity contribution in [2.24, 2.45) is 5.92 Å². The molecule has 0 heterocycles. The summed E-state index contributed by atoms with van der Waals surface area (Å²) in [5.74, 6) is -0.377. The van der Waals surface area contributed by atoms with Gasteiger partial charge in [0.25, 0.3) is 0 Å². The third-order valence-electron chi connectivity index (χ3n) is 6.88. The van der Waals surface area contributed by atoms with Gasteiger partial charge in [-0.15, -0.1) is 0 Å². The maximum Gasteiger partial charge on any atom is 0.469 e. The second kappa shape index (κ2) is 29.4. The Bertz CT molecular complexity index is 905. The molecule has 10 heteroatoms. The van der Waals surface area contributed by atoms with E-state index in [4.69, 9.17) is 19.3 Å². The van der Waals surface area contributed by atoms with Gasteiger partial charge >= 0.3 is 19.8 Å². The number of allylic oxidation sites excluding steroid dienone is 7. The molecule has 0 aromatic carbocycles. The van der Waals surface area contributed by atoms with Gasteiger partial charge < -0.3 is 24.4 Å². The van der Waals surface area contributed by atoms with Crippen molar-refractivity contribution < 1.29 is 43.0 Å². The molecule has 0 aliphatic rings. The Kier molecular flexibility index (Phi) is 28.1. The van der Waals surface area contributed by atoms with Crippen molar-refractivity contribution >= 4 is 19.8 Å². The molecule has 0 saturated carbocycles. The molecular formula is C35H61O9P. The minimum Gasteiger partial charge on any atom is -0.462 e. The van der Waals surface area contributed by atoms with Gasteiger partial charge in [0.05, 0.1) is 12.7 Å². The molecule has 0 aromatic rings. The lowest BCUT2D eigenvalue weighted by atomic mass is 10.0. The predicted molar refractivity (Wildman–Crippen MR) is 180 cm³/mol. The summed E-state index contributed by atoms with van der Waals surface area (Å²) in [4.78, 5) is 42.5. The topological polar surface area (TPSA) is 140 Å². The molecule has 0 aliphatic heterocycles. The van der Waals surface area contributed by atoms with Crippen molar-refractivity contribution in [1.29, 1.82) is 0 Å². The molecule has 0 saturated heterocycles. The summed E-state index contributed by atoms with van der Waals surface area (Å²) in [6.45, 7) is 5.67. The number of phosphoric ester groups is 1. The average molecular weight is 657 g/mol. The van der Waals surface area contributed by atoms with Gasteiger partial charge in [-0.2, -0.15) is 0 Å². The lowest BCUT2D eigenvalue weighted by molar-refractivity contribution is -0.161. The van der Waals surface area contributed by atoms with Crippen LogP contribution in [-0.4, -0.2) is 52.3 Å². The van der Waals surface area contributed by atoms with Crippen LogP contribution in [0.25, 0.3) is 0 Å². The van der Waals surface area contributed by atoms with E-state index in [1.54, 1.807) is 12.2 Å². The van der Waals surface area contributed by atoms with Crippen LogP contribution in [0.5, 0.6) is 0 Å². The average Bonchev–Trinajstić information content (AvgIpc) is 2.97. The van der Waals surface area contributed by atoms with E-state index in [-0.39, 0.29) is 19.4 Å². The van der Waals surface area contributed by atoms with Gasteiger partial charge in [-0.1, -0.05) is 121 Å². The highest BCUT2D eigenvalue weighted by atomic mass is 31.2. The van der Waals surface area contributed by atoms with Gasteiger partial charge in [-0.3, -0.25) is 14.1 Å². The van der Waals surface area contributed by atoms with Crippen LogP contribution in [0, 0.1) is 5.92 Å². The van der Waals surface area contributed by atoms with Crippen LogP contribution in [0.1, 0.15) is 130 Å². The molecule has 0 unspecified atom stereocenters. The number of hydrogen-bond acceptors (Lipinski definition) is 7. The minimum atomic E-state index is -4.80. The molecule has 0 spiro atoms. The number of ether oxygens (including phenoxy) is 2. The summed E-state index contributed by atoms with van der Waals surface area (Å²) < 4.78 is 26.0. The smallest absolute Gasteiger partial charge is 0.462 e. The Morgan fingerprint density at radius 3 is 2.07 bits per heavy atom. The summed E-state index contributed by atoms with van der Waals surface area (Å²) in [6.07, 6.45) is 29.0. The summed E-state index contributed by atoms with van der Waals surface area (Å²) in [5.41, 5.74) is 0. The highest BCUT2D eigenvalue weighted by molar-refractivity contribution is 7.46. The molecule has 2 atom stereocenters. The molecule has 260 valence electrons. The Hall–Kier alpha value is -2.03. The molecule has 0 aliphatic carbocycles. The molecule has 0 aromatic heterocycles. The van der Waals surface area contributed by atoms with Crippen molar-refractivity contribution in [2.45, 2.75) is 142 Å². The monoisotopic (exact) mass is 656 g/mol. The molecule has 45 heavy (non-hydrogen) atoms. The first-order valence-electron chi connectivity index (χ1n) is 16.9. The molecule has 0 bridgehead atoms. The third-order valence-corrected chi connectivity index (χ3v) is 7.37. The molecule has 3 N–H and O–H groups in total. The molecular weight excluding hydrogens is 595 g/mol. The Morgan fingerprint density at radius 2 is 1.38 bits per heavy atom. The van der Waals surface area contributed by atoms with E-state index in [2.05, 4.69) is 49.6 Å². The minimum absolute atomic E-state index is 0.0177. The highest BCUT2D eigenvalue weighted by Gasteiger charge is 2.23. The van der Waals surface area contributed by atoms with Crippen molar-refractivity contribution in [2.75, 3.05) is 13.2 Å². The van der Waals surface area contributed by atoms with Crippen molar-refractivity contribution in [3.63, 3.8) is 0 Å². The molecule has 0 rings (SSSR count). The first kappa shape index (κ1) is 43.0. The number of carbonyl (C=O) groups is 2. The fraction of sp³-hybridized carbons (Fsp3) is 0.714. The van der Waals surface area contributed by atoms with Crippen molar-refractivity contribution in [3.8, 4) is 0 Å². The predicted octanol–water partition coefficient (Wildman–Crippen LogP) is 8.44. The summed E-state index contributed by atoms with van der Waals surface area (Å²) in [6, 6.07) is 0. The molecule has 9 nitrogen and oxygen atoms in total. The van der Waals surface area contributed by atoms with Crippen molar-refractivity contribution in [1.82, 2.24) is 0 Å². The number of unbranched alkanes of at least 4 members (excludes halogenated alkanes) is 8. The summed E-state index contributed by atoms with van der Waals surface area (Å²) >= 11 is 0. The largest absolute Gasteiger partial charge is 0.469 e. The van der Waals surface area contributed by atoms with E-state index >= 15 is 0 Å². The zero-order valence-corrected chi connectivity index (χ0v) is 28.9. The zero-order valence-electron chi connectivity index (χ0n) is 28.0. The van der Waals surface area contributed by atoms with E-state index in [1.807, 2.05) is 12.2 Å². The van der Waals surface area contributed by atoms with E-state index in [0.717, 1.165) is 44.4 Å². The standard InChI is InChI=1S/C35H61O9P/c1-4-5-6-7-8-9-10-11-12-13-14-18-21-25-32(36)26-23-28-35(38)44-33(30-43-45(39,40)41)29-42-34(37)27-22-19-16-15-17-20-24-31(2)3/h8-9,11-12,14,18,21,25,31-33,36H,4-7,10,13,15-17,19-20,22-24,26-30H2,1-3H3,(H2,39,40,41)/b9-8-,12-11-,18-14-,25-21+/t32-,33+/m0/s1. The number of phosphoric acid groups is 1. The van der Waals surface area contributed by atoms with Crippen LogP contribution in [0.15, 0.2) is 48.6 Å². The number of aliphatic hydroxyl groups is 1. The second-order valence-electron chi connectivity index (χ2n) is 11.8. The van der Waals surface area contributed by atoms with Crippen LogP contribution in [0.3, 0.4) is 0 Å². The lowest BCUT2D eigenvalue weighted by Crippen LogP contribution is -2.29. The lowest BCUT2D eigenvalue weighted by Gasteiger charge is -2.18. The van der Waals surface area contributed by atoms with Gasteiger partial charge in [-0.25, -0.2) is 4.57 Å². The van der Waals surface area contributed by atoms with Crippen LogP contribution in [-0.2, 0) is 28.2 Å². The maximum absolute atomic E-state index is 12.3. The SMILES string of the molecule is CCCCC/C=C\C/C=C\C/C=C\C=C\[C@H](O)CCCC(=O)O[C@H](COC(=O)CCCCCCCCC(C)C)COP(=O)(O)O. The fourth-order valence-corrected chi connectivity index (χ4v) is 4.67. The number of hydrogen-bond donors (Lipinski definition) is 3. The number of esters is 2. The Balaban J connectivity index is 4.27. The second-order valence-corrected chi connectivity index (χ2v) is 13.1.